The van der Waals surface area contributed by atoms with Crippen LogP contribution in [0.5, 0.6) is 0 Å². The van der Waals surface area contributed by atoms with Crippen molar-refractivity contribution in [3.8, 4) is 0 Å². The van der Waals surface area contributed by atoms with Crippen molar-refractivity contribution in [1.29, 1.82) is 0 Å². The molecule has 1 fully saturated rings. The molecule has 1 aromatic heterocycles. The van der Waals surface area contributed by atoms with Gasteiger partial charge in [-0.2, -0.15) is 0 Å². The van der Waals surface area contributed by atoms with Crippen LogP contribution in [0, 0.1) is 18.8 Å². The molecule has 0 aliphatic carbocycles. The van der Waals surface area contributed by atoms with Crippen LogP contribution in [-0.2, 0) is 6.54 Å². The lowest BCUT2D eigenvalue weighted by Gasteiger charge is -2.44. The van der Waals surface area contributed by atoms with Crippen LogP contribution in [-0.4, -0.2) is 40.0 Å². The summed E-state index contributed by atoms with van der Waals surface area (Å²) in [5, 5.41) is 3.75. The van der Waals surface area contributed by atoms with Crippen LogP contribution in [0.3, 0.4) is 0 Å². The Kier molecular flexibility index (Phi) is 5.71. The van der Waals surface area contributed by atoms with Crippen LogP contribution in [0.25, 0.3) is 0 Å². The highest BCUT2D eigenvalue weighted by atomic mass is 15.2. The van der Waals surface area contributed by atoms with Gasteiger partial charge in [0, 0.05) is 37.9 Å². The predicted octanol–water partition coefficient (Wildman–Crippen LogP) is 2.63. The van der Waals surface area contributed by atoms with Crippen molar-refractivity contribution in [2.24, 2.45) is 11.8 Å². The van der Waals surface area contributed by atoms with E-state index in [1.54, 1.807) is 0 Å². The Balaban J connectivity index is 2.10. The molecule has 3 atom stereocenters. The average molecular weight is 290 g/mol. The Labute approximate surface area is 129 Å². The lowest BCUT2D eigenvalue weighted by Crippen LogP contribution is -2.59. The minimum atomic E-state index is 0.584. The summed E-state index contributed by atoms with van der Waals surface area (Å²) < 4.78 is 0. The maximum Gasteiger partial charge on any atom is 0.125 e. The van der Waals surface area contributed by atoms with Gasteiger partial charge in [-0.1, -0.05) is 34.1 Å². The standard InChI is InChI=1S/C17H30N4/c1-6-13(4)16-11-21(17(9-19-16)12(2)3)10-15-7-8-18-14(5)20-15/h7-8,12-13,16-17,19H,6,9-11H2,1-5H3. The molecule has 118 valence electrons. The molecule has 1 N–H and O–H groups in total. The van der Waals surface area contributed by atoms with Gasteiger partial charge in [-0.15, -0.1) is 0 Å². The van der Waals surface area contributed by atoms with E-state index in [0.717, 1.165) is 31.2 Å². The molecule has 3 unspecified atom stereocenters. The molecule has 2 heterocycles. The van der Waals surface area contributed by atoms with Gasteiger partial charge in [0.05, 0.1) is 5.69 Å². The highest BCUT2D eigenvalue weighted by Gasteiger charge is 2.31. The van der Waals surface area contributed by atoms with Gasteiger partial charge in [0.2, 0.25) is 0 Å². The summed E-state index contributed by atoms with van der Waals surface area (Å²) in [5.41, 5.74) is 1.14. The number of nitrogens with one attached hydrogen (secondary N) is 1. The molecule has 4 nitrogen and oxygen atoms in total. The number of hydrogen-bond donors (Lipinski definition) is 1. The van der Waals surface area contributed by atoms with Gasteiger partial charge in [0.1, 0.15) is 5.82 Å². The molecule has 21 heavy (non-hydrogen) atoms. The monoisotopic (exact) mass is 290 g/mol. The Morgan fingerprint density at radius 3 is 2.76 bits per heavy atom. The van der Waals surface area contributed by atoms with E-state index in [1.807, 2.05) is 19.2 Å². The molecule has 0 spiro atoms. The maximum absolute atomic E-state index is 4.58. The number of nitrogens with zero attached hydrogens (tertiary/aromatic N) is 3. The van der Waals surface area contributed by atoms with Crippen LogP contribution in [0.1, 0.15) is 45.6 Å². The number of rotatable bonds is 5. The van der Waals surface area contributed by atoms with E-state index in [2.05, 4.69) is 47.9 Å². The summed E-state index contributed by atoms with van der Waals surface area (Å²) in [6.45, 7) is 14.3. The average Bonchev–Trinajstić information content (AvgIpc) is 2.46. The predicted molar refractivity (Wildman–Crippen MR) is 87.1 cm³/mol. The second kappa shape index (κ2) is 7.32. The molecule has 4 heteroatoms. The van der Waals surface area contributed by atoms with E-state index in [-0.39, 0.29) is 0 Å². The van der Waals surface area contributed by atoms with E-state index >= 15 is 0 Å². The zero-order valence-electron chi connectivity index (χ0n) is 14.1. The SMILES string of the molecule is CCC(C)C1CN(Cc2ccnc(C)n2)C(C(C)C)CN1. The molecule has 0 bridgehead atoms. The largest absolute Gasteiger partial charge is 0.311 e. The summed E-state index contributed by atoms with van der Waals surface area (Å²) >= 11 is 0. The zero-order valence-corrected chi connectivity index (χ0v) is 14.1. The van der Waals surface area contributed by atoms with Crippen molar-refractivity contribution in [3.05, 3.63) is 23.8 Å². The fourth-order valence-corrected chi connectivity index (χ4v) is 3.16. The Morgan fingerprint density at radius 2 is 2.14 bits per heavy atom. The van der Waals surface area contributed by atoms with Crippen molar-refractivity contribution >= 4 is 0 Å². The minimum absolute atomic E-state index is 0.584. The molecular weight excluding hydrogens is 260 g/mol. The first-order chi connectivity index (χ1) is 10.0. The van der Waals surface area contributed by atoms with Crippen molar-refractivity contribution < 1.29 is 0 Å². The third-order valence-corrected chi connectivity index (χ3v) is 4.79. The highest BCUT2D eigenvalue weighted by Crippen LogP contribution is 2.21. The first-order valence-corrected chi connectivity index (χ1v) is 8.27. The van der Waals surface area contributed by atoms with Crippen LogP contribution in [0.15, 0.2) is 12.3 Å². The molecule has 1 saturated heterocycles. The topological polar surface area (TPSA) is 41.1 Å². The number of aryl methyl sites for hydroxylation is 1. The fourth-order valence-electron chi connectivity index (χ4n) is 3.16. The van der Waals surface area contributed by atoms with Crippen LogP contribution in [0.2, 0.25) is 0 Å². The number of aromatic nitrogens is 2. The van der Waals surface area contributed by atoms with E-state index in [9.17, 15) is 0 Å². The second-order valence-electron chi connectivity index (χ2n) is 6.74. The van der Waals surface area contributed by atoms with Crippen molar-refractivity contribution in [2.75, 3.05) is 13.1 Å². The van der Waals surface area contributed by atoms with Crippen LogP contribution >= 0.6 is 0 Å². The smallest absolute Gasteiger partial charge is 0.125 e. The summed E-state index contributed by atoms with van der Waals surface area (Å²) in [6.07, 6.45) is 3.10. The van der Waals surface area contributed by atoms with Crippen molar-refractivity contribution in [2.45, 2.75) is 59.7 Å². The third kappa shape index (κ3) is 4.24. The number of hydrogen-bond acceptors (Lipinski definition) is 4. The number of piperazine rings is 1. The van der Waals surface area contributed by atoms with E-state index in [1.165, 1.54) is 6.42 Å². The van der Waals surface area contributed by atoms with Crippen LogP contribution in [0.4, 0.5) is 0 Å². The first-order valence-electron chi connectivity index (χ1n) is 8.27. The Bertz CT molecular complexity index is 446. The van der Waals surface area contributed by atoms with Crippen molar-refractivity contribution in [1.82, 2.24) is 20.2 Å². The molecular formula is C17H30N4. The molecule has 0 aromatic carbocycles. The van der Waals surface area contributed by atoms with Gasteiger partial charge in [0.25, 0.3) is 0 Å². The van der Waals surface area contributed by atoms with Gasteiger partial charge >= 0.3 is 0 Å². The summed E-state index contributed by atoms with van der Waals surface area (Å²) in [4.78, 5) is 11.4. The highest BCUT2D eigenvalue weighted by molar-refractivity contribution is 5.03. The summed E-state index contributed by atoms with van der Waals surface area (Å²) in [5.74, 6) is 2.23. The van der Waals surface area contributed by atoms with Crippen LogP contribution < -0.4 is 5.32 Å². The third-order valence-electron chi connectivity index (χ3n) is 4.79. The van der Waals surface area contributed by atoms with E-state index in [4.69, 9.17) is 0 Å². The molecule has 1 aliphatic rings. The van der Waals surface area contributed by atoms with Gasteiger partial charge in [-0.3, -0.25) is 4.90 Å². The molecule has 0 radical (unpaired) electrons. The minimum Gasteiger partial charge on any atom is -0.311 e. The second-order valence-corrected chi connectivity index (χ2v) is 6.74. The quantitative estimate of drug-likeness (QED) is 0.905. The molecule has 1 aliphatic heterocycles. The maximum atomic E-state index is 4.58. The fraction of sp³-hybridized carbons (Fsp3) is 0.765. The van der Waals surface area contributed by atoms with Gasteiger partial charge in [-0.25, -0.2) is 9.97 Å². The van der Waals surface area contributed by atoms with Gasteiger partial charge in [0.15, 0.2) is 0 Å². The Morgan fingerprint density at radius 1 is 1.38 bits per heavy atom. The normalized spacial score (nSPS) is 25.2. The molecule has 0 amide bonds. The van der Waals surface area contributed by atoms with Gasteiger partial charge in [-0.05, 0) is 24.8 Å². The van der Waals surface area contributed by atoms with Gasteiger partial charge < -0.3 is 5.32 Å². The van der Waals surface area contributed by atoms with E-state index < -0.39 is 0 Å². The molecule has 1 aromatic rings. The molecule has 0 saturated carbocycles. The zero-order chi connectivity index (χ0) is 15.4. The van der Waals surface area contributed by atoms with E-state index in [0.29, 0.717) is 23.9 Å². The summed E-state index contributed by atoms with van der Waals surface area (Å²) in [6, 6.07) is 3.22. The lowest BCUT2D eigenvalue weighted by molar-refractivity contribution is 0.0741. The summed E-state index contributed by atoms with van der Waals surface area (Å²) in [7, 11) is 0. The Hall–Kier alpha value is -1.00. The first kappa shape index (κ1) is 16.4. The van der Waals surface area contributed by atoms with Crippen molar-refractivity contribution in [3.63, 3.8) is 0 Å². The molecule has 2 rings (SSSR count). The lowest BCUT2D eigenvalue weighted by atomic mass is 9.92.